The highest BCUT2D eigenvalue weighted by Gasteiger charge is 2.27. The molecular weight excluding hydrogens is 248 g/mol. The highest BCUT2D eigenvalue weighted by molar-refractivity contribution is 6.33. The van der Waals surface area contributed by atoms with Crippen LogP contribution in [-0.4, -0.2) is 17.3 Å². The number of nitrogen functional groups attached to an aromatic ring is 1. The average Bonchev–Trinajstić information content (AvgIpc) is 2.54. The molecule has 1 aromatic rings. The smallest absolute Gasteiger partial charge is 0.0819 e. The maximum atomic E-state index is 10.5. The predicted molar refractivity (Wildman–Crippen MR) is 77.0 cm³/mol. The second-order valence-corrected chi connectivity index (χ2v) is 5.60. The van der Waals surface area contributed by atoms with Crippen molar-refractivity contribution in [2.45, 2.75) is 44.1 Å². The number of halogens is 1. The van der Waals surface area contributed by atoms with E-state index in [1.807, 2.05) is 12.1 Å². The summed E-state index contributed by atoms with van der Waals surface area (Å²) < 4.78 is 0. The van der Waals surface area contributed by atoms with Crippen LogP contribution in [0.3, 0.4) is 0 Å². The summed E-state index contributed by atoms with van der Waals surface area (Å²) in [5.41, 5.74) is 6.62. The lowest BCUT2D eigenvalue weighted by molar-refractivity contribution is 0.0381. The molecule has 3 nitrogen and oxygen atoms in total. The molecule has 1 aromatic carbocycles. The predicted octanol–water partition coefficient (Wildman–Crippen LogP) is 3.42. The van der Waals surface area contributed by atoms with Gasteiger partial charge in [-0.25, -0.2) is 0 Å². The van der Waals surface area contributed by atoms with E-state index in [0.29, 0.717) is 17.3 Å². The fraction of sp³-hybridized carbons (Fsp3) is 0.571. The van der Waals surface area contributed by atoms with E-state index in [2.05, 4.69) is 5.32 Å². The molecule has 4 heteroatoms. The van der Waals surface area contributed by atoms with Crippen molar-refractivity contribution in [3.05, 3.63) is 23.2 Å². The molecule has 18 heavy (non-hydrogen) atoms. The number of nitrogens with two attached hydrogens (primary N) is 1. The van der Waals surface area contributed by atoms with Gasteiger partial charge in [-0.1, -0.05) is 43.4 Å². The standard InChI is InChI=1S/C14H21ClN2O/c15-11-6-5-7-12(16)13(11)17-10-14(18)8-3-1-2-4-9-14/h5-7,17-18H,1-4,8-10,16H2. The van der Waals surface area contributed by atoms with Gasteiger partial charge >= 0.3 is 0 Å². The molecule has 1 saturated carbocycles. The van der Waals surface area contributed by atoms with Gasteiger partial charge in [0.25, 0.3) is 0 Å². The number of nitrogens with one attached hydrogen (secondary N) is 1. The van der Waals surface area contributed by atoms with Crippen molar-refractivity contribution in [2.75, 3.05) is 17.6 Å². The third kappa shape index (κ3) is 3.30. The minimum absolute atomic E-state index is 0.515. The fourth-order valence-corrected chi connectivity index (χ4v) is 2.79. The van der Waals surface area contributed by atoms with Crippen LogP contribution >= 0.6 is 11.6 Å². The third-order valence-corrected chi connectivity index (χ3v) is 3.99. The molecule has 4 N–H and O–H groups in total. The summed E-state index contributed by atoms with van der Waals surface area (Å²) in [6.07, 6.45) is 6.33. The van der Waals surface area contributed by atoms with E-state index < -0.39 is 5.60 Å². The van der Waals surface area contributed by atoms with Crippen molar-refractivity contribution in [1.82, 2.24) is 0 Å². The Morgan fingerprint density at radius 2 is 1.89 bits per heavy atom. The zero-order chi connectivity index (χ0) is 13.0. The summed E-state index contributed by atoms with van der Waals surface area (Å²) >= 11 is 6.10. The maximum Gasteiger partial charge on any atom is 0.0819 e. The van der Waals surface area contributed by atoms with Gasteiger partial charge in [-0.05, 0) is 25.0 Å². The Balaban J connectivity index is 2.02. The van der Waals surface area contributed by atoms with E-state index in [-0.39, 0.29) is 0 Å². The largest absolute Gasteiger partial charge is 0.397 e. The molecule has 2 rings (SSSR count). The Kier molecular flexibility index (Phi) is 4.36. The maximum absolute atomic E-state index is 10.5. The van der Waals surface area contributed by atoms with Gasteiger partial charge in [0, 0.05) is 6.54 Å². The van der Waals surface area contributed by atoms with Gasteiger partial charge in [0.15, 0.2) is 0 Å². The van der Waals surface area contributed by atoms with Gasteiger partial charge in [0.05, 0.1) is 22.0 Å². The highest BCUT2D eigenvalue weighted by atomic mass is 35.5. The number of hydrogen-bond acceptors (Lipinski definition) is 3. The molecule has 0 heterocycles. The minimum Gasteiger partial charge on any atom is -0.397 e. The van der Waals surface area contributed by atoms with Crippen molar-refractivity contribution in [2.24, 2.45) is 0 Å². The summed E-state index contributed by atoms with van der Waals surface area (Å²) in [6, 6.07) is 5.44. The first-order valence-electron chi connectivity index (χ1n) is 6.61. The molecule has 0 amide bonds. The van der Waals surface area contributed by atoms with Gasteiger partial charge in [0.1, 0.15) is 0 Å². The second-order valence-electron chi connectivity index (χ2n) is 5.20. The van der Waals surface area contributed by atoms with Crippen LogP contribution in [0.5, 0.6) is 0 Å². The first-order chi connectivity index (χ1) is 8.61. The van der Waals surface area contributed by atoms with Crippen molar-refractivity contribution < 1.29 is 5.11 Å². The second kappa shape index (κ2) is 5.81. The average molecular weight is 269 g/mol. The van der Waals surface area contributed by atoms with Gasteiger partial charge in [-0.15, -0.1) is 0 Å². The molecular formula is C14H21ClN2O. The van der Waals surface area contributed by atoms with E-state index in [1.54, 1.807) is 6.07 Å². The molecule has 0 aromatic heterocycles. The molecule has 0 spiro atoms. The van der Waals surface area contributed by atoms with E-state index in [0.717, 1.165) is 31.4 Å². The lowest BCUT2D eigenvalue weighted by Crippen LogP contribution is -2.36. The molecule has 0 bridgehead atoms. The minimum atomic E-state index is -0.623. The first kappa shape index (κ1) is 13.5. The van der Waals surface area contributed by atoms with Crippen LogP contribution < -0.4 is 11.1 Å². The Bertz CT molecular complexity index is 381. The Morgan fingerprint density at radius 1 is 1.22 bits per heavy atom. The molecule has 100 valence electrons. The van der Waals surface area contributed by atoms with Crippen molar-refractivity contribution in [1.29, 1.82) is 0 Å². The third-order valence-electron chi connectivity index (χ3n) is 3.67. The summed E-state index contributed by atoms with van der Waals surface area (Å²) in [5.74, 6) is 0. The quantitative estimate of drug-likeness (QED) is 0.582. The Morgan fingerprint density at radius 3 is 2.50 bits per heavy atom. The summed E-state index contributed by atoms with van der Waals surface area (Å²) in [6.45, 7) is 0.515. The van der Waals surface area contributed by atoms with Crippen LogP contribution in [0, 0.1) is 0 Å². The van der Waals surface area contributed by atoms with E-state index in [4.69, 9.17) is 17.3 Å². The van der Waals surface area contributed by atoms with Gasteiger partial charge in [-0.2, -0.15) is 0 Å². The molecule has 0 aliphatic heterocycles. The highest BCUT2D eigenvalue weighted by Crippen LogP contribution is 2.31. The number of benzene rings is 1. The van der Waals surface area contributed by atoms with Gasteiger partial charge in [0.2, 0.25) is 0 Å². The van der Waals surface area contributed by atoms with E-state index in [1.165, 1.54) is 12.8 Å². The van der Waals surface area contributed by atoms with Crippen LogP contribution in [0.1, 0.15) is 38.5 Å². The van der Waals surface area contributed by atoms with E-state index >= 15 is 0 Å². The molecule has 1 aliphatic rings. The van der Waals surface area contributed by atoms with Gasteiger partial charge < -0.3 is 16.2 Å². The topological polar surface area (TPSA) is 58.3 Å². The normalized spacial score (nSPS) is 19.2. The Labute approximate surface area is 113 Å². The summed E-state index contributed by atoms with van der Waals surface area (Å²) in [4.78, 5) is 0. The van der Waals surface area contributed by atoms with Crippen LogP contribution in [0.25, 0.3) is 0 Å². The molecule has 0 saturated heterocycles. The molecule has 0 unspecified atom stereocenters. The summed E-state index contributed by atoms with van der Waals surface area (Å²) in [5, 5.41) is 14.4. The molecule has 0 radical (unpaired) electrons. The number of aliphatic hydroxyl groups is 1. The lowest BCUT2D eigenvalue weighted by atomic mass is 9.94. The monoisotopic (exact) mass is 268 g/mol. The van der Waals surface area contributed by atoms with Crippen LogP contribution in [0.4, 0.5) is 11.4 Å². The Hall–Kier alpha value is -0.930. The zero-order valence-corrected chi connectivity index (χ0v) is 11.3. The number of hydrogen-bond donors (Lipinski definition) is 3. The van der Waals surface area contributed by atoms with Crippen LogP contribution in [-0.2, 0) is 0 Å². The molecule has 0 atom stereocenters. The van der Waals surface area contributed by atoms with E-state index in [9.17, 15) is 5.11 Å². The number of anilines is 2. The lowest BCUT2D eigenvalue weighted by Gasteiger charge is -2.28. The van der Waals surface area contributed by atoms with Crippen molar-refractivity contribution >= 4 is 23.0 Å². The van der Waals surface area contributed by atoms with Gasteiger partial charge in [-0.3, -0.25) is 0 Å². The number of rotatable bonds is 3. The fourth-order valence-electron chi connectivity index (χ4n) is 2.54. The molecule has 1 aliphatic carbocycles. The van der Waals surface area contributed by atoms with Crippen LogP contribution in [0.15, 0.2) is 18.2 Å². The summed E-state index contributed by atoms with van der Waals surface area (Å²) in [7, 11) is 0. The van der Waals surface area contributed by atoms with Crippen molar-refractivity contribution in [3.8, 4) is 0 Å². The first-order valence-corrected chi connectivity index (χ1v) is 6.99. The zero-order valence-electron chi connectivity index (χ0n) is 10.6. The molecule has 1 fully saturated rings. The number of para-hydroxylation sites is 1. The SMILES string of the molecule is Nc1cccc(Cl)c1NCC1(O)CCCCCC1. The van der Waals surface area contributed by atoms with Crippen molar-refractivity contribution in [3.63, 3.8) is 0 Å². The van der Waals surface area contributed by atoms with Crippen LogP contribution in [0.2, 0.25) is 5.02 Å².